The maximum absolute atomic E-state index is 12.6. The van der Waals surface area contributed by atoms with Crippen molar-refractivity contribution in [2.75, 3.05) is 39.4 Å². The van der Waals surface area contributed by atoms with Gasteiger partial charge in [0.25, 0.3) is 11.8 Å². The molecule has 1 aliphatic heterocycles. The molecular formula is C23H28N2O4. The summed E-state index contributed by atoms with van der Waals surface area (Å²) in [4.78, 5) is 28.6. The molecule has 2 aromatic carbocycles. The van der Waals surface area contributed by atoms with Crippen LogP contribution in [0.3, 0.4) is 0 Å². The molecule has 2 aromatic rings. The fraction of sp³-hybridized carbons (Fsp3) is 0.391. The highest BCUT2D eigenvalue weighted by Gasteiger charge is 2.22. The highest BCUT2D eigenvalue weighted by atomic mass is 16.5. The Labute approximate surface area is 172 Å². The van der Waals surface area contributed by atoms with Gasteiger partial charge in [0.1, 0.15) is 11.5 Å². The summed E-state index contributed by atoms with van der Waals surface area (Å²) in [5.41, 5.74) is 1.09. The molecule has 0 radical (unpaired) electrons. The van der Waals surface area contributed by atoms with Gasteiger partial charge in [-0.3, -0.25) is 9.59 Å². The molecule has 154 valence electrons. The smallest absolute Gasteiger partial charge is 0.260 e. The lowest BCUT2D eigenvalue weighted by Gasteiger charge is -2.22. The van der Waals surface area contributed by atoms with E-state index in [0.29, 0.717) is 31.9 Å². The van der Waals surface area contributed by atoms with Crippen molar-refractivity contribution in [2.24, 2.45) is 0 Å². The molecular weight excluding hydrogens is 368 g/mol. The molecule has 0 bridgehead atoms. The van der Waals surface area contributed by atoms with Crippen molar-refractivity contribution < 1.29 is 19.1 Å². The zero-order valence-electron chi connectivity index (χ0n) is 16.9. The van der Waals surface area contributed by atoms with E-state index in [-0.39, 0.29) is 25.0 Å². The highest BCUT2D eigenvalue weighted by molar-refractivity contribution is 5.79. The summed E-state index contributed by atoms with van der Waals surface area (Å²) in [6, 6.07) is 17.1. The number of ether oxygens (including phenoxy) is 2. The Hall–Kier alpha value is -3.02. The Morgan fingerprint density at radius 2 is 1.38 bits per heavy atom. The van der Waals surface area contributed by atoms with E-state index < -0.39 is 0 Å². The molecule has 2 amide bonds. The molecule has 3 rings (SSSR count). The summed E-state index contributed by atoms with van der Waals surface area (Å²) in [6.07, 6.45) is 1.60. The van der Waals surface area contributed by atoms with Gasteiger partial charge < -0.3 is 19.3 Å². The van der Waals surface area contributed by atoms with Crippen LogP contribution in [0.25, 0.3) is 0 Å². The number of carbonyl (C=O) groups is 2. The second-order valence-electron chi connectivity index (χ2n) is 6.97. The van der Waals surface area contributed by atoms with Crippen molar-refractivity contribution in [1.82, 2.24) is 9.80 Å². The number of aryl methyl sites for hydroxylation is 1. The summed E-state index contributed by atoms with van der Waals surface area (Å²) in [5.74, 6) is 1.33. The standard InChI is InChI=1S/C23H28N2O4/c1-2-19-9-6-7-12-21(19)29-18-23(27)25-14-8-13-24(15-16-25)22(26)17-28-20-10-4-3-5-11-20/h3-7,9-12H,2,8,13-18H2,1H3. The van der Waals surface area contributed by atoms with E-state index in [2.05, 4.69) is 6.92 Å². The Balaban J connectivity index is 1.46. The fourth-order valence-corrected chi connectivity index (χ4v) is 3.34. The number of hydrogen-bond donors (Lipinski definition) is 0. The van der Waals surface area contributed by atoms with Gasteiger partial charge in [-0.25, -0.2) is 0 Å². The third kappa shape index (κ3) is 5.98. The van der Waals surface area contributed by atoms with Crippen molar-refractivity contribution in [1.29, 1.82) is 0 Å². The van der Waals surface area contributed by atoms with Gasteiger partial charge in [-0.15, -0.1) is 0 Å². The molecule has 0 saturated carbocycles. The minimum Gasteiger partial charge on any atom is -0.484 e. The van der Waals surface area contributed by atoms with Crippen LogP contribution < -0.4 is 9.47 Å². The van der Waals surface area contributed by atoms with Crippen LogP contribution in [0.1, 0.15) is 18.9 Å². The number of para-hydroxylation sites is 2. The monoisotopic (exact) mass is 396 g/mol. The summed E-state index contributed by atoms with van der Waals surface area (Å²) in [7, 11) is 0. The first-order valence-electron chi connectivity index (χ1n) is 10.1. The van der Waals surface area contributed by atoms with Crippen LogP contribution >= 0.6 is 0 Å². The van der Waals surface area contributed by atoms with Crippen molar-refractivity contribution >= 4 is 11.8 Å². The number of rotatable bonds is 7. The molecule has 6 nitrogen and oxygen atoms in total. The van der Waals surface area contributed by atoms with Gasteiger partial charge >= 0.3 is 0 Å². The second kappa shape index (κ2) is 10.5. The normalized spacial score (nSPS) is 14.2. The first-order valence-corrected chi connectivity index (χ1v) is 10.1. The van der Waals surface area contributed by atoms with Gasteiger partial charge in [-0.2, -0.15) is 0 Å². The molecule has 0 aromatic heterocycles. The molecule has 0 spiro atoms. The fourth-order valence-electron chi connectivity index (χ4n) is 3.34. The van der Waals surface area contributed by atoms with Crippen LogP contribution in [0, 0.1) is 0 Å². The Morgan fingerprint density at radius 1 is 0.793 bits per heavy atom. The minimum absolute atomic E-state index is 0.00880. The molecule has 1 aliphatic rings. The average molecular weight is 396 g/mol. The molecule has 0 atom stereocenters. The minimum atomic E-state index is -0.0590. The lowest BCUT2D eigenvalue weighted by molar-refractivity contribution is -0.135. The van der Waals surface area contributed by atoms with E-state index in [0.717, 1.165) is 24.2 Å². The van der Waals surface area contributed by atoms with Gasteiger partial charge in [0.05, 0.1) is 0 Å². The summed E-state index contributed by atoms with van der Waals surface area (Å²) in [6.45, 7) is 4.35. The quantitative estimate of drug-likeness (QED) is 0.722. The number of nitrogens with zero attached hydrogens (tertiary/aromatic N) is 2. The van der Waals surface area contributed by atoms with Crippen LogP contribution in [0.15, 0.2) is 54.6 Å². The maximum atomic E-state index is 12.6. The molecule has 0 unspecified atom stereocenters. The first kappa shape index (κ1) is 20.7. The van der Waals surface area contributed by atoms with E-state index in [4.69, 9.17) is 9.47 Å². The number of carbonyl (C=O) groups excluding carboxylic acids is 2. The number of benzene rings is 2. The Morgan fingerprint density at radius 3 is 2.03 bits per heavy atom. The van der Waals surface area contributed by atoms with Crippen LogP contribution in [0.4, 0.5) is 0 Å². The van der Waals surface area contributed by atoms with Crippen LogP contribution in [-0.4, -0.2) is 61.0 Å². The number of hydrogen-bond acceptors (Lipinski definition) is 4. The molecule has 29 heavy (non-hydrogen) atoms. The second-order valence-corrected chi connectivity index (χ2v) is 6.97. The third-order valence-corrected chi connectivity index (χ3v) is 5.01. The van der Waals surface area contributed by atoms with Crippen LogP contribution in [0.2, 0.25) is 0 Å². The van der Waals surface area contributed by atoms with Gasteiger partial charge in [-0.05, 0) is 36.6 Å². The van der Waals surface area contributed by atoms with E-state index in [1.54, 1.807) is 9.80 Å². The molecule has 1 saturated heterocycles. The van der Waals surface area contributed by atoms with E-state index in [9.17, 15) is 9.59 Å². The van der Waals surface area contributed by atoms with Gasteiger partial charge in [0.15, 0.2) is 13.2 Å². The first-order chi connectivity index (χ1) is 14.2. The summed E-state index contributed by atoms with van der Waals surface area (Å²) >= 11 is 0. The van der Waals surface area contributed by atoms with Crippen molar-refractivity contribution in [3.05, 3.63) is 60.2 Å². The van der Waals surface area contributed by atoms with Crippen molar-refractivity contribution in [3.63, 3.8) is 0 Å². The van der Waals surface area contributed by atoms with E-state index in [1.807, 2.05) is 54.6 Å². The topological polar surface area (TPSA) is 59.1 Å². The molecule has 1 fully saturated rings. The number of amides is 2. The zero-order valence-corrected chi connectivity index (χ0v) is 16.9. The lowest BCUT2D eigenvalue weighted by atomic mass is 10.1. The SMILES string of the molecule is CCc1ccccc1OCC(=O)N1CCCN(C(=O)COc2ccccc2)CC1. The van der Waals surface area contributed by atoms with Crippen LogP contribution in [0.5, 0.6) is 11.5 Å². The van der Waals surface area contributed by atoms with Crippen LogP contribution in [-0.2, 0) is 16.0 Å². The molecule has 6 heteroatoms. The van der Waals surface area contributed by atoms with E-state index >= 15 is 0 Å². The Kier molecular flexibility index (Phi) is 7.50. The average Bonchev–Trinajstić information content (AvgIpc) is 3.03. The maximum Gasteiger partial charge on any atom is 0.260 e. The largest absolute Gasteiger partial charge is 0.484 e. The predicted molar refractivity (Wildman–Crippen MR) is 111 cm³/mol. The van der Waals surface area contributed by atoms with Gasteiger partial charge in [-0.1, -0.05) is 43.3 Å². The lowest BCUT2D eigenvalue weighted by Crippen LogP contribution is -2.40. The van der Waals surface area contributed by atoms with Crippen molar-refractivity contribution in [3.8, 4) is 11.5 Å². The van der Waals surface area contributed by atoms with Gasteiger partial charge in [0.2, 0.25) is 0 Å². The molecule has 0 N–H and O–H groups in total. The summed E-state index contributed by atoms with van der Waals surface area (Å²) in [5, 5.41) is 0. The summed E-state index contributed by atoms with van der Waals surface area (Å²) < 4.78 is 11.3. The predicted octanol–water partition coefficient (Wildman–Crippen LogP) is 2.77. The molecule has 0 aliphatic carbocycles. The Bertz CT molecular complexity index is 810. The van der Waals surface area contributed by atoms with Crippen molar-refractivity contribution in [2.45, 2.75) is 19.8 Å². The zero-order chi connectivity index (χ0) is 20.5. The molecule has 1 heterocycles. The van der Waals surface area contributed by atoms with Gasteiger partial charge in [0, 0.05) is 26.2 Å². The third-order valence-electron chi connectivity index (χ3n) is 5.01. The van der Waals surface area contributed by atoms with E-state index in [1.165, 1.54) is 0 Å². The highest BCUT2D eigenvalue weighted by Crippen LogP contribution is 2.18.